The van der Waals surface area contributed by atoms with E-state index in [9.17, 15) is 0 Å². The van der Waals surface area contributed by atoms with Crippen LogP contribution in [0.15, 0.2) is 6.07 Å². The first-order chi connectivity index (χ1) is 8.15. The third-order valence-corrected chi connectivity index (χ3v) is 4.47. The highest BCUT2D eigenvalue weighted by molar-refractivity contribution is 6.33. The fourth-order valence-corrected chi connectivity index (χ4v) is 3.20. The molecular weight excluding hydrogens is 234 g/mol. The van der Waals surface area contributed by atoms with Gasteiger partial charge in [-0.3, -0.25) is 0 Å². The maximum Gasteiger partial charge on any atom is 0.142 e. The van der Waals surface area contributed by atoms with Gasteiger partial charge in [-0.1, -0.05) is 11.6 Å². The maximum absolute atomic E-state index is 6.49. The Morgan fingerprint density at radius 1 is 1.29 bits per heavy atom. The van der Waals surface area contributed by atoms with E-state index >= 15 is 0 Å². The molecule has 2 N–H and O–H groups in total. The van der Waals surface area contributed by atoms with Crippen LogP contribution in [0.2, 0.25) is 5.02 Å². The summed E-state index contributed by atoms with van der Waals surface area (Å²) < 4.78 is 5.50. The summed E-state index contributed by atoms with van der Waals surface area (Å²) in [6, 6.07) is 2.24. The predicted octanol–water partition coefficient (Wildman–Crippen LogP) is 3.18. The van der Waals surface area contributed by atoms with Crippen molar-refractivity contribution in [1.82, 2.24) is 0 Å². The van der Waals surface area contributed by atoms with Crippen LogP contribution in [-0.4, -0.2) is 7.11 Å². The summed E-state index contributed by atoms with van der Waals surface area (Å²) in [5, 5.41) is 0.802. The van der Waals surface area contributed by atoms with E-state index in [0.717, 1.165) is 42.0 Å². The van der Waals surface area contributed by atoms with Gasteiger partial charge in [0.15, 0.2) is 0 Å². The van der Waals surface area contributed by atoms with Gasteiger partial charge in [-0.2, -0.15) is 0 Å². The molecule has 0 bridgehead atoms. The average molecular weight is 252 g/mol. The van der Waals surface area contributed by atoms with E-state index in [4.69, 9.17) is 22.1 Å². The number of benzene rings is 1. The molecular formula is C14H18ClNO. The minimum Gasteiger partial charge on any atom is -0.495 e. The number of rotatable bonds is 2. The predicted molar refractivity (Wildman–Crippen MR) is 69.7 cm³/mol. The number of nitrogens with two attached hydrogens (primary N) is 1. The van der Waals surface area contributed by atoms with Crippen LogP contribution in [0.1, 0.15) is 42.4 Å². The highest BCUT2D eigenvalue weighted by Crippen LogP contribution is 2.50. The van der Waals surface area contributed by atoms with Gasteiger partial charge in [-0.05, 0) is 55.7 Å². The van der Waals surface area contributed by atoms with Crippen LogP contribution < -0.4 is 10.5 Å². The van der Waals surface area contributed by atoms with Crippen molar-refractivity contribution in [2.24, 2.45) is 5.73 Å². The summed E-state index contributed by atoms with van der Waals surface area (Å²) in [6.45, 7) is 0. The molecule has 2 aliphatic carbocycles. The number of hydrogen-bond acceptors (Lipinski definition) is 2. The fourth-order valence-electron chi connectivity index (χ4n) is 2.81. The Morgan fingerprint density at radius 2 is 2.00 bits per heavy atom. The second-order valence-corrected chi connectivity index (χ2v) is 5.65. The summed E-state index contributed by atoms with van der Waals surface area (Å²) in [4.78, 5) is 0. The van der Waals surface area contributed by atoms with Gasteiger partial charge < -0.3 is 10.5 Å². The molecule has 0 aromatic heterocycles. The average Bonchev–Trinajstić information content (AvgIpc) is 3.08. The standard InChI is InChI=1S/C14H18ClNO/c1-17-13-11(14(16)6-7-14)8-9-4-2-3-5-10(9)12(13)15/h8H,2-7,16H2,1H3. The molecule has 1 aromatic rings. The first-order valence-electron chi connectivity index (χ1n) is 6.33. The quantitative estimate of drug-likeness (QED) is 0.876. The van der Waals surface area contributed by atoms with Crippen LogP contribution >= 0.6 is 11.6 Å². The largest absolute Gasteiger partial charge is 0.495 e. The van der Waals surface area contributed by atoms with Gasteiger partial charge in [0.2, 0.25) is 0 Å². The third kappa shape index (κ3) is 1.74. The van der Waals surface area contributed by atoms with E-state index in [0.29, 0.717) is 0 Å². The number of hydrogen-bond donors (Lipinski definition) is 1. The minimum absolute atomic E-state index is 0.179. The topological polar surface area (TPSA) is 35.2 Å². The molecule has 3 rings (SSSR count). The number of ether oxygens (including phenoxy) is 1. The van der Waals surface area contributed by atoms with E-state index in [1.54, 1.807) is 7.11 Å². The van der Waals surface area contributed by atoms with Crippen molar-refractivity contribution in [1.29, 1.82) is 0 Å². The van der Waals surface area contributed by atoms with Crippen molar-refractivity contribution in [3.8, 4) is 5.75 Å². The second-order valence-electron chi connectivity index (χ2n) is 5.27. The van der Waals surface area contributed by atoms with Crippen LogP contribution in [0.25, 0.3) is 0 Å². The monoisotopic (exact) mass is 251 g/mol. The summed E-state index contributed by atoms with van der Waals surface area (Å²) in [6.07, 6.45) is 6.76. The number of fused-ring (bicyclic) bond motifs is 1. The van der Waals surface area contributed by atoms with Crippen molar-refractivity contribution >= 4 is 11.6 Å². The molecule has 17 heavy (non-hydrogen) atoms. The summed E-state index contributed by atoms with van der Waals surface area (Å²) in [5.41, 5.74) is 9.91. The Bertz CT molecular complexity index is 466. The smallest absolute Gasteiger partial charge is 0.142 e. The summed E-state index contributed by atoms with van der Waals surface area (Å²) >= 11 is 6.49. The zero-order valence-electron chi connectivity index (χ0n) is 10.2. The van der Waals surface area contributed by atoms with Gasteiger partial charge in [0, 0.05) is 11.1 Å². The van der Waals surface area contributed by atoms with Crippen LogP contribution in [-0.2, 0) is 18.4 Å². The Hall–Kier alpha value is -0.730. The lowest BCUT2D eigenvalue weighted by molar-refractivity contribution is 0.403. The van der Waals surface area contributed by atoms with E-state index in [1.807, 2.05) is 0 Å². The number of aryl methyl sites for hydroxylation is 1. The third-order valence-electron chi connectivity index (χ3n) is 4.07. The first kappa shape index (κ1) is 11.4. The molecule has 3 heteroatoms. The molecule has 2 aliphatic rings. The van der Waals surface area contributed by atoms with Gasteiger partial charge >= 0.3 is 0 Å². The molecule has 0 heterocycles. The van der Waals surface area contributed by atoms with Crippen molar-refractivity contribution in [2.75, 3.05) is 7.11 Å². The van der Waals surface area contributed by atoms with E-state index in [1.165, 1.54) is 24.0 Å². The zero-order valence-corrected chi connectivity index (χ0v) is 10.9. The highest BCUT2D eigenvalue weighted by atomic mass is 35.5. The molecule has 0 unspecified atom stereocenters. The Balaban J connectivity index is 2.18. The molecule has 92 valence electrons. The van der Waals surface area contributed by atoms with Crippen molar-refractivity contribution in [3.05, 3.63) is 27.8 Å². The molecule has 2 nitrogen and oxygen atoms in total. The van der Waals surface area contributed by atoms with Crippen molar-refractivity contribution in [3.63, 3.8) is 0 Å². The van der Waals surface area contributed by atoms with E-state index in [-0.39, 0.29) is 5.54 Å². The van der Waals surface area contributed by atoms with Crippen LogP contribution in [0.3, 0.4) is 0 Å². The fraction of sp³-hybridized carbons (Fsp3) is 0.571. The molecule has 0 radical (unpaired) electrons. The van der Waals surface area contributed by atoms with Gasteiger partial charge in [0.25, 0.3) is 0 Å². The van der Waals surface area contributed by atoms with Crippen LogP contribution in [0, 0.1) is 0 Å². The molecule has 1 aromatic carbocycles. The Kier molecular flexibility index (Phi) is 2.60. The minimum atomic E-state index is -0.179. The second kappa shape index (κ2) is 3.89. The van der Waals surface area contributed by atoms with Gasteiger partial charge in [-0.15, -0.1) is 0 Å². The normalized spacial score (nSPS) is 20.9. The van der Waals surface area contributed by atoms with Gasteiger partial charge in [0.1, 0.15) is 5.75 Å². The van der Waals surface area contributed by atoms with Gasteiger partial charge in [-0.25, -0.2) is 0 Å². The number of halogens is 1. The Morgan fingerprint density at radius 3 is 2.65 bits per heavy atom. The lowest BCUT2D eigenvalue weighted by atomic mass is 9.88. The zero-order chi connectivity index (χ0) is 12.0. The van der Waals surface area contributed by atoms with E-state index in [2.05, 4.69) is 6.07 Å². The SMILES string of the molecule is COc1c(C2(N)CC2)cc2c(c1Cl)CCCC2. The molecule has 0 saturated heterocycles. The molecule has 0 amide bonds. The molecule has 1 saturated carbocycles. The maximum atomic E-state index is 6.49. The van der Waals surface area contributed by atoms with Crippen LogP contribution in [0.4, 0.5) is 0 Å². The molecule has 0 atom stereocenters. The highest BCUT2D eigenvalue weighted by Gasteiger charge is 2.43. The molecule has 0 spiro atoms. The molecule has 0 aliphatic heterocycles. The Labute approximate surface area is 107 Å². The van der Waals surface area contributed by atoms with Crippen molar-refractivity contribution < 1.29 is 4.74 Å². The van der Waals surface area contributed by atoms with E-state index < -0.39 is 0 Å². The first-order valence-corrected chi connectivity index (χ1v) is 6.71. The summed E-state index contributed by atoms with van der Waals surface area (Å²) in [5.74, 6) is 0.812. The lowest BCUT2D eigenvalue weighted by Crippen LogP contribution is -2.21. The molecule has 1 fully saturated rings. The van der Waals surface area contributed by atoms with Crippen LogP contribution in [0.5, 0.6) is 5.75 Å². The number of methoxy groups -OCH3 is 1. The lowest BCUT2D eigenvalue weighted by Gasteiger charge is -2.23. The van der Waals surface area contributed by atoms with Crippen molar-refractivity contribution in [2.45, 2.75) is 44.1 Å². The van der Waals surface area contributed by atoms with Gasteiger partial charge in [0.05, 0.1) is 12.1 Å². The summed E-state index contributed by atoms with van der Waals surface area (Å²) in [7, 11) is 1.69.